The van der Waals surface area contributed by atoms with E-state index in [1.165, 1.54) is 24.2 Å². The Morgan fingerprint density at radius 1 is 1.53 bits per heavy atom. The average Bonchev–Trinajstić information content (AvgIpc) is 3.02. The fourth-order valence-electron chi connectivity index (χ4n) is 1.67. The lowest BCUT2D eigenvalue weighted by Gasteiger charge is -2.18. The van der Waals surface area contributed by atoms with Gasteiger partial charge in [0.05, 0.1) is 3.79 Å². The third kappa shape index (κ3) is 2.92. The molecule has 0 bridgehead atoms. The largest absolute Gasteiger partial charge is 0.252 e. The van der Waals surface area contributed by atoms with Crippen LogP contribution >= 0.6 is 27.3 Å². The lowest BCUT2D eigenvalue weighted by molar-refractivity contribution is 0.413. The molecule has 1 fully saturated rings. The second-order valence-corrected chi connectivity index (χ2v) is 8.96. The second-order valence-electron chi connectivity index (χ2n) is 4.42. The van der Waals surface area contributed by atoms with E-state index in [0.29, 0.717) is 23.2 Å². The third-order valence-corrected chi connectivity index (χ3v) is 7.47. The maximum absolute atomic E-state index is 12.4. The molecule has 0 aliphatic heterocycles. The van der Waals surface area contributed by atoms with Gasteiger partial charge in [-0.2, -0.15) is 4.31 Å². The van der Waals surface area contributed by atoms with Gasteiger partial charge in [-0.15, -0.1) is 11.3 Å². The molecule has 3 nitrogen and oxygen atoms in total. The van der Waals surface area contributed by atoms with Crippen LogP contribution in [0.5, 0.6) is 0 Å². The molecule has 0 N–H and O–H groups in total. The zero-order valence-corrected chi connectivity index (χ0v) is 13.2. The molecule has 0 atom stereocenters. The van der Waals surface area contributed by atoms with Gasteiger partial charge in [-0.25, -0.2) is 8.42 Å². The van der Waals surface area contributed by atoms with Crippen molar-refractivity contribution >= 4 is 37.3 Å². The van der Waals surface area contributed by atoms with E-state index >= 15 is 0 Å². The number of rotatable bonds is 5. The van der Waals surface area contributed by atoms with Crippen LogP contribution in [0.3, 0.4) is 0 Å². The van der Waals surface area contributed by atoms with E-state index < -0.39 is 10.0 Å². The molecule has 0 aromatic carbocycles. The summed E-state index contributed by atoms with van der Waals surface area (Å²) < 4.78 is 27.8. The predicted octanol–water partition coefficient (Wildman–Crippen LogP) is 3.24. The smallest absolute Gasteiger partial charge is 0.206 e. The Morgan fingerprint density at radius 3 is 2.59 bits per heavy atom. The minimum absolute atomic E-state index is 0.448. The van der Waals surface area contributed by atoms with Gasteiger partial charge in [0.25, 0.3) is 10.0 Å². The van der Waals surface area contributed by atoms with Crippen molar-refractivity contribution in [2.24, 2.45) is 5.92 Å². The number of nitrogens with zero attached hydrogens (tertiary/aromatic N) is 1. The summed E-state index contributed by atoms with van der Waals surface area (Å²) in [6, 6.07) is 1.75. The molecule has 6 heteroatoms. The highest BCUT2D eigenvalue weighted by Gasteiger charge is 2.31. The van der Waals surface area contributed by atoms with Crippen molar-refractivity contribution in [3.63, 3.8) is 0 Å². The molecule has 1 aliphatic rings. The van der Waals surface area contributed by atoms with E-state index in [9.17, 15) is 8.42 Å². The number of hydrogen-bond acceptors (Lipinski definition) is 3. The minimum Gasteiger partial charge on any atom is -0.206 e. The Kier molecular flexibility index (Phi) is 3.97. The van der Waals surface area contributed by atoms with E-state index in [-0.39, 0.29) is 0 Å². The van der Waals surface area contributed by atoms with Gasteiger partial charge in [-0.3, -0.25) is 0 Å². The molecule has 2 rings (SSSR count). The molecular weight excluding hydrogens is 322 g/mol. The van der Waals surface area contributed by atoms with E-state index in [2.05, 4.69) is 15.9 Å². The molecule has 0 amide bonds. The highest BCUT2D eigenvalue weighted by atomic mass is 79.9. The Bertz CT molecular complexity index is 486. The van der Waals surface area contributed by atoms with Crippen LogP contribution in [-0.2, 0) is 10.0 Å². The van der Waals surface area contributed by atoms with E-state index in [1.807, 2.05) is 13.8 Å². The molecule has 1 aromatic rings. The van der Waals surface area contributed by atoms with Gasteiger partial charge in [-0.1, -0.05) is 6.92 Å². The predicted molar refractivity (Wildman–Crippen MR) is 73.9 cm³/mol. The summed E-state index contributed by atoms with van der Waals surface area (Å²) in [5.41, 5.74) is 0.982. The highest BCUT2D eigenvalue weighted by Crippen LogP contribution is 2.35. The fourth-order valence-corrected chi connectivity index (χ4v) is 5.58. The van der Waals surface area contributed by atoms with Crippen LogP contribution in [0.2, 0.25) is 0 Å². The summed E-state index contributed by atoms with van der Waals surface area (Å²) in [5.74, 6) is 0.578. The van der Waals surface area contributed by atoms with Crippen molar-refractivity contribution in [2.45, 2.75) is 30.9 Å². The van der Waals surface area contributed by atoms with Crippen molar-refractivity contribution in [1.82, 2.24) is 4.31 Å². The van der Waals surface area contributed by atoms with Crippen LogP contribution < -0.4 is 0 Å². The van der Waals surface area contributed by atoms with Crippen molar-refractivity contribution in [2.75, 3.05) is 13.1 Å². The van der Waals surface area contributed by atoms with Crippen LogP contribution in [-0.4, -0.2) is 25.8 Å². The van der Waals surface area contributed by atoms with Gasteiger partial charge in [-0.05, 0) is 53.2 Å². The first-order chi connectivity index (χ1) is 7.95. The lowest BCUT2D eigenvalue weighted by Crippen LogP contribution is -2.32. The molecule has 0 radical (unpaired) electrons. The van der Waals surface area contributed by atoms with Gasteiger partial charge in [0, 0.05) is 13.1 Å². The summed E-state index contributed by atoms with van der Waals surface area (Å²) in [6.45, 7) is 5.03. The van der Waals surface area contributed by atoms with Crippen LogP contribution in [0.25, 0.3) is 0 Å². The van der Waals surface area contributed by atoms with Crippen LogP contribution in [0.1, 0.15) is 25.3 Å². The van der Waals surface area contributed by atoms with Gasteiger partial charge in [0.1, 0.15) is 4.21 Å². The molecule has 0 spiro atoms. The first-order valence-electron chi connectivity index (χ1n) is 5.71. The Hall–Kier alpha value is 0.0900. The quantitative estimate of drug-likeness (QED) is 0.827. The van der Waals surface area contributed by atoms with Crippen LogP contribution in [0.4, 0.5) is 0 Å². The van der Waals surface area contributed by atoms with E-state index in [1.54, 1.807) is 10.4 Å². The normalized spacial score (nSPS) is 16.7. The lowest BCUT2D eigenvalue weighted by atomic mass is 10.4. The molecule has 96 valence electrons. The number of aryl methyl sites for hydroxylation is 1. The maximum atomic E-state index is 12.4. The molecule has 0 saturated heterocycles. The maximum Gasteiger partial charge on any atom is 0.252 e. The van der Waals surface area contributed by atoms with Crippen LogP contribution in [0.15, 0.2) is 14.1 Å². The monoisotopic (exact) mass is 337 g/mol. The summed E-state index contributed by atoms with van der Waals surface area (Å²) in [6.07, 6.45) is 2.33. The topological polar surface area (TPSA) is 37.4 Å². The number of thiophene rings is 1. The summed E-state index contributed by atoms with van der Waals surface area (Å²) in [7, 11) is -3.29. The number of sulfonamides is 1. The van der Waals surface area contributed by atoms with Crippen molar-refractivity contribution < 1.29 is 8.42 Å². The minimum atomic E-state index is -3.29. The number of halogens is 1. The van der Waals surface area contributed by atoms with E-state index in [4.69, 9.17) is 0 Å². The first kappa shape index (κ1) is 13.5. The first-order valence-corrected chi connectivity index (χ1v) is 8.76. The van der Waals surface area contributed by atoms with Crippen molar-refractivity contribution in [3.8, 4) is 0 Å². The molecule has 0 unspecified atom stereocenters. The SMILES string of the molecule is CCN(CC1CC1)S(=O)(=O)c1cc(C)c(Br)s1. The van der Waals surface area contributed by atoms with Crippen molar-refractivity contribution in [1.29, 1.82) is 0 Å². The highest BCUT2D eigenvalue weighted by molar-refractivity contribution is 9.11. The molecule has 1 heterocycles. The third-order valence-electron chi connectivity index (χ3n) is 2.94. The number of hydrogen-bond donors (Lipinski definition) is 0. The molecular formula is C11H16BrNO2S2. The summed E-state index contributed by atoms with van der Waals surface area (Å²) in [5, 5.41) is 0. The molecule has 1 saturated carbocycles. The molecule has 1 aromatic heterocycles. The van der Waals surface area contributed by atoms with Crippen molar-refractivity contribution in [3.05, 3.63) is 15.4 Å². The summed E-state index contributed by atoms with van der Waals surface area (Å²) in [4.78, 5) is 0. The van der Waals surface area contributed by atoms with Crippen LogP contribution in [0, 0.1) is 12.8 Å². The van der Waals surface area contributed by atoms with E-state index in [0.717, 1.165) is 9.35 Å². The van der Waals surface area contributed by atoms with Gasteiger partial charge in [0.2, 0.25) is 0 Å². The average molecular weight is 338 g/mol. The zero-order chi connectivity index (χ0) is 12.6. The fraction of sp³-hybridized carbons (Fsp3) is 0.636. The second kappa shape index (κ2) is 4.99. The Morgan fingerprint density at radius 2 is 2.18 bits per heavy atom. The molecule has 1 aliphatic carbocycles. The summed E-state index contributed by atoms with van der Waals surface area (Å²) >= 11 is 4.68. The van der Waals surface area contributed by atoms with Gasteiger partial charge in [0.15, 0.2) is 0 Å². The Labute approximate surface area is 115 Å². The Balaban J connectivity index is 2.26. The standard InChI is InChI=1S/C11H16BrNO2S2/c1-3-13(7-9-4-5-9)17(14,15)10-6-8(2)11(12)16-10/h6,9H,3-5,7H2,1-2H3. The van der Waals surface area contributed by atoms with Gasteiger partial charge < -0.3 is 0 Å². The zero-order valence-electron chi connectivity index (χ0n) is 9.94. The van der Waals surface area contributed by atoms with Gasteiger partial charge >= 0.3 is 0 Å². The molecule has 17 heavy (non-hydrogen) atoms.